The molecule has 21 atom stereocenters. The quantitative estimate of drug-likeness (QED) is 0.0755. The van der Waals surface area contributed by atoms with Crippen LogP contribution >= 0.6 is 0 Å². The first-order valence-electron chi connectivity index (χ1n) is 21.6. The fraction of sp³-hybridized carbons (Fsp3) is 0.907. The summed E-state index contributed by atoms with van der Waals surface area (Å²) in [5.74, 6) is -1.60. The molecule has 0 bridgehead atoms. The molecule has 0 aromatic rings. The van der Waals surface area contributed by atoms with E-state index in [4.69, 9.17) is 23.7 Å². The molecule has 0 radical (unpaired) electrons. The van der Waals surface area contributed by atoms with Crippen molar-refractivity contribution in [2.24, 2.45) is 50.7 Å². The van der Waals surface area contributed by atoms with Gasteiger partial charge >= 0.3 is 11.9 Å². The average Bonchev–Trinajstić information content (AvgIpc) is 3.80. The number of aliphatic hydroxyl groups excluding tert-OH is 8. The molecular weight excluding hydrogens is 772 g/mol. The van der Waals surface area contributed by atoms with E-state index in [9.17, 15) is 55.5 Å². The molecule has 2 heterocycles. The average molecular weight is 841 g/mol. The lowest BCUT2D eigenvalue weighted by Crippen LogP contribution is -2.66. The van der Waals surface area contributed by atoms with Crippen LogP contribution < -0.4 is 0 Å². The van der Waals surface area contributed by atoms with Gasteiger partial charge < -0.3 is 69.6 Å². The monoisotopic (exact) mass is 840 g/mol. The highest BCUT2D eigenvalue weighted by Crippen LogP contribution is 2.89. The number of esters is 1. The molecule has 7 rings (SSSR count). The van der Waals surface area contributed by atoms with E-state index in [2.05, 4.69) is 20.8 Å². The fourth-order valence-corrected chi connectivity index (χ4v) is 14.2. The van der Waals surface area contributed by atoms with E-state index in [1.807, 2.05) is 13.0 Å². The predicted molar refractivity (Wildman–Crippen MR) is 206 cm³/mol. The lowest BCUT2D eigenvalue weighted by atomic mass is 9.41. The number of rotatable bonds is 12. The third-order valence-corrected chi connectivity index (χ3v) is 17.9. The molecule has 9 N–H and O–H groups in total. The summed E-state index contributed by atoms with van der Waals surface area (Å²) in [7, 11) is 1.07. The number of hydrogen-bond donors (Lipinski definition) is 9. The molecule has 16 nitrogen and oxygen atoms in total. The van der Waals surface area contributed by atoms with Crippen molar-refractivity contribution in [3.63, 3.8) is 0 Å². The van der Waals surface area contributed by atoms with Crippen molar-refractivity contribution in [2.75, 3.05) is 20.3 Å². The van der Waals surface area contributed by atoms with E-state index >= 15 is 0 Å². The number of carbonyl (C=O) groups excluding carboxylic acids is 1. The molecule has 2 saturated heterocycles. The summed E-state index contributed by atoms with van der Waals surface area (Å²) < 4.78 is 28.7. The number of aliphatic carboxylic acids is 1. The summed E-state index contributed by atoms with van der Waals surface area (Å²) in [5, 5.41) is 95.7. The van der Waals surface area contributed by atoms with E-state index in [0.717, 1.165) is 51.2 Å². The van der Waals surface area contributed by atoms with E-state index in [-0.39, 0.29) is 40.1 Å². The highest BCUT2D eigenvalue weighted by molar-refractivity contribution is 5.76. The molecule has 0 aromatic carbocycles. The molecule has 7 aliphatic rings. The van der Waals surface area contributed by atoms with Gasteiger partial charge in [0.15, 0.2) is 18.7 Å². The largest absolute Gasteiger partial charge is 0.481 e. The van der Waals surface area contributed by atoms with Gasteiger partial charge in [-0.15, -0.1) is 0 Å². The summed E-state index contributed by atoms with van der Waals surface area (Å²) in [6, 6.07) is 0. The van der Waals surface area contributed by atoms with Crippen LogP contribution in [0.5, 0.6) is 0 Å². The highest BCUT2D eigenvalue weighted by atomic mass is 16.8. The van der Waals surface area contributed by atoms with Gasteiger partial charge in [0.2, 0.25) is 0 Å². The van der Waals surface area contributed by atoms with Crippen LogP contribution in [0, 0.1) is 50.7 Å². The third kappa shape index (κ3) is 6.68. The van der Waals surface area contributed by atoms with Gasteiger partial charge in [0.05, 0.1) is 37.9 Å². The summed E-state index contributed by atoms with van der Waals surface area (Å²) in [6.07, 6.45) is -9.20. The van der Waals surface area contributed by atoms with Gasteiger partial charge in [0.1, 0.15) is 42.7 Å². The van der Waals surface area contributed by atoms with Crippen LogP contribution in [-0.2, 0) is 33.3 Å². The molecule has 2 aliphatic heterocycles. The zero-order valence-electron chi connectivity index (χ0n) is 35.2. The van der Waals surface area contributed by atoms with Gasteiger partial charge in [0.25, 0.3) is 0 Å². The van der Waals surface area contributed by atoms with Crippen LogP contribution in [-0.4, -0.2) is 152 Å². The maximum atomic E-state index is 13.7. The van der Waals surface area contributed by atoms with Gasteiger partial charge in [-0.05, 0) is 123 Å². The highest BCUT2D eigenvalue weighted by Gasteiger charge is 2.83. The van der Waals surface area contributed by atoms with Gasteiger partial charge in [-0.25, -0.2) is 4.79 Å². The maximum Gasteiger partial charge on any atom is 0.337 e. The second kappa shape index (κ2) is 16.1. The topological polar surface area (TPSA) is 262 Å². The van der Waals surface area contributed by atoms with E-state index in [1.165, 1.54) is 0 Å². The first-order chi connectivity index (χ1) is 27.7. The van der Waals surface area contributed by atoms with Crippen molar-refractivity contribution in [3.05, 3.63) is 11.6 Å². The minimum atomic E-state index is -1.92. The SMILES string of the molecule is COC(=O)C1OC(OC2CCC34CC35CCC3(C)C(C(C)C(O)C/C=C(\C)CO)CCC3(C)C5CCC4C2(C)C(=O)O)C(OC2OC(CO)C(O)C(O)C2O)C(O)C1O. The molecule has 0 amide bonds. The van der Waals surface area contributed by atoms with Crippen LogP contribution in [0.15, 0.2) is 11.6 Å². The molecule has 7 fully saturated rings. The van der Waals surface area contributed by atoms with Gasteiger partial charge in [-0.2, -0.15) is 0 Å². The molecule has 336 valence electrons. The summed E-state index contributed by atoms with van der Waals surface area (Å²) >= 11 is 0. The van der Waals surface area contributed by atoms with Crippen molar-refractivity contribution in [1.29, 1.82) is 0 Å². The van der Waals surface area contributed by atoms with Crippen LogP contribution in [0.4, 0.5) is 0 Å². The van der Waals surface area contributed by atoms with Gasteiger partial charge in [-0.3, -0.25) is 4.79 Å². The number of fused-ring (bicyclic) bond motifs is 2. The molecule has 2 spiro atoms. The Morgan fingerprint density at radius 3 is 2.12 bits per heavy atom. The molecule has 5 saturated carbocycles. The maximum absolute atomic E-state index is 13.7. The first kappa shape index (κ1) is 45.2. The Kier molecular flexibility index (Phi) is 12.3. The van der Waals surface area contributed by atoms with Crippen molar-refractivity contribution in [3.8, 4) is 0 Å². The Morgan fingerprint density at radius 2 is 1.47 bits per heavy atom. The zero-order chi connectivity index (χ0) is 43.2. The minimum absolute atomic E-state index is 0.00697. The Bertz CT molecular complexity index is 1610. The van der Waals surface area contributed by atoms with E-state index in [0.29, 0.717) is 37.5 Å². The molecule has 5 aliphatic carbocycles. The molecule has 21 unspecified atom stereocenters. The number of ether oxygens (including phenoxy) is 5. The smallest absolute Gasteiger partial charge is 0.337 e. The molecule has 0 aromatic heterocycles. The van der Waals surface area contributed by atoms with Gasteiger partial charge in [0, 0.05) is 0 Å². The minimum Gasteiger partial charge on any atom is -0.481 e. The standard InChI is InChI=1S/C43H68O16/c1-20(17-44)7-8-23(46)21(2)22-11-13-40(4)25-9-10-26-41(5,38(53)54)27(12-14-42(26)19-43(25,42)16-15-39(22,40)3)57-37-34(31(50)30(49)33(58-37)35(52)55-6)59-36-32(51)29(48)28(47)24(18-45)56-36/h7,21-34,36-37,44-51H,8-19H2,1-6H3,(H,53,54)/b20-7+. The molecule has 59 heavy (non-hydrogen) atoms. The van der Waals surface area contributed by atoms with Crippen LogP contribution in [0.25, 0.3) is 0 Å². The summed E-state index contributed by atoms with van der Waals surface area (Å²) in [4.78, 5) is 26.5. The third-order valence-electron chi connectivity index (χ3n) is 17.9. The summed E-state index contributed by atoms with van der Waals surface area (Å²) in [5.41, 5.74) is -0.917. The van der Waals surface area contributed by atoms with Crippen molar-refractivity contribution < 1.29 is 79.2 Å². The van der Waals surface area contributed by atoms with Crippen LogP contribution in [0.3, 0.4) is 0 Å². The molecule has 16 heteroatoms. The van der Waals surface area contributed by atoms with Crippen LogP contribution in [0.2, 0.25) is 0 Å². The normalized spacial score (nSPS) is 51.7. The Hall–Kier alpha value is -1.80. The Balaban J connectivity index is 1.14. The van der Waals surface area contributed by atoms with Gasteiger partial charge in [-0.1, -0.05) is 32.4 Å². The lowest BCUT2D eigenvalue weighted by Gasteiger charge is -2.63. The molecular formula is C43H68O16. The zero-order valence-corrected chi connectivity index (χ0v) is 35.2. The van der Waals surface area contributed by atoms with E-state index in [1.54, 1.807) is 6.92 Å². The summed E-state index contributed by atoms with van der Waals surface area (Å²) in [6.45, 7) is 9.81. The lowest BCUT2D eigenvalue weighted by molar-refractivity contribution is -0.373. The number of methoxy groups -OCH3 is 1. The number of carboxylic acids is 1. The number of carbonyl (C=O) groups is 2. The fourth-order valence-electron chi connectivity index (χ4n) is 14.2. The number of aliphatic hydroxyl groups is 8. The number of hydrogen-bond acceptors (Lipinski definition) is 15. The Labute approximate surface area is 345 Å². The number of carboxylic acid groups (broad SMARTS) is 1. The van der Waals surface area contributed by atoms with E-state index < -0.39 is 97.6 Å². The second-order valence-electron chi connectivity index (χ2n) is 20.0. The van der Waals surface area contributed by atoms with Crippen LogP contribution in [0.1, 0.15) is 98.8 Å². The van der Waals surface area contributed by atoms with Crippen molar-refractivity contribution in [2.45, 2.75) is 172 Å². The first-order valence-corrected chi connectivity index (χ1v) is 21.6. The second-order valence-corrected chi connectivity index (χ2v) is 20.0. The Morgan fingerprint density at radius 1 is 0.797 bits per heavy atom. The van der Waals surface area contributed by atoms with Crippen molar-refractivity contribution >= 4 is 11.9 Å². The predicted octanol–water partition coefficient (Wildman–Crippen LogP) is 1.01. The van der Waals surface area contributed by atoms with Crippen molar-refractivity contribution in [1.82, 2.24) is 0 Å².